The van der Waals surface area contributed by atoms with Crippen LogP contribution in [-0.2, 0) is 32.2 Å². The second-order valence-corrected chi connectivity index (χ2v) is 7.44. The van der Waals surface area contributed by atoms with Gasteiger partial charge in [0.15, 0.2) is 0 Å². The number of nitrogens with zero attached hydrogens (tertiary/aromatic N) is 4. The van der Waals surface area contributed by atoms with Crippen molar-refractivity contribution in [1.29, 1.82) is 5.26 Å². The molecule has 1 aliphatic rings. The standard InChI is InChI=1S/C24H27N5O5/c1-5-32-23(30)20-15(3)27-16(4)21(24(31)33-6-2)22(20)18-9-7-8-10-19(18)34-14-17-13-26-28-29(17)12-11-25/h7-10,13,22,27H,5-6,12,14H2,1-4H3. The maximum atomic E-state index is 13.0. The Morgan fingerprint density at radius 2 is 1.71 bits per heavy atom. The highest BCUT2D eigenvalue weighted by atomic mass is 16.5. The Bertz CT molecular complexity index is 1130. The molecule has 178 valence electrons. The molecule has 1 aliphatic heterocycles. The minimum atomic E-state index is -0.766. The first kappa shape index (κ1) is 24.5. The van der Waals surface area contributed by atoms with Crippen molar-refractivity contribution in [2.45, 2.75) is 46.8 Å². The topological polar surface area (TPSA) is 128 Å². The van der Waals surface area contributed by atoms with Gasteiger partial charge >= 0.3 is 11.9 Å². The molecule has 0 radical (unpaired) electrons. The Morgan fingerprint density at radius 1 is 1.09 bits per heavy atom. The monoisotopic (exact) mass is 465 g/mol. The molecule has 0 unspecified atom stereocenters. The van der Waals surface area contributed by atoms with Crippen molar-refractivity contribution in [2.24, 2.45) is 0 Å². The van der Waals surface area contributed by atoms with Crippen molar-refractivity contribution >= 4 is 11.9 Å². The largest absolute Gasteiger partial charge is 0.487 e. The molecule has 3 rings (SSSR count). The van der Waals surface area contributed by atoms with Gasteiger partial charge < -0.3 is 19.5 Å². The zero-order chi connectivity index (χ0) is 24.7. The second-order valence-electron chi connectivity index (χ2n) is 7.44. The van der Waals surface area contributed by atoms with Crippen LogP contribution in [0.15, 0.2) is 53.0 Å². The van der Waals surface area contributed by atoms with Crippen molar-refractivity contribution in [3.8, 4) is 11.8 Å². The van der Waals surface area contributed by atoms with Gasteiger partial charge in [0.2, 0.25) is 0 Å². The van der Waals surface area contributed by atoms with Gasteiger partial charge in [0.1, 0.15) is 18.9 Å². The zero-order valence-electron chi connectivity index (χ0n) is 19.6. The number of nitrogens with one attached hydrogen (secondary N) is 1. The number of hydrogen-bond donors (Lipinski definition) is 1. The zero-order valence-corrected chi connectivity index (χ0v) is 19.6. The molecule has 10 nitrogen and oxygen atoms in total. The number of rotatable bonds is 9. The summed E-state index contributed by atoms with van der Waals surface area (Å²) in [5, 5.41) is 19.8. The van der Waals surface area contributed by atoms with Crippen LogP contribution in [0.4, 0.5) is 0 Å². The molecule has 1 aromatic heterocycles. The molecule has 0 aliphatic carbocycles. The van der Waals surface area contributed by atoms with E-state index in [9.17, 15) is 9.59 Å². The van der Waals surface area contributed by atoms with Crippen LogP contribution in [-0.4, -0.2) is 40.1 Å². The summed E-state index contributed by atoms with van der Waals surface area (Å²) in [5.41, 5.74) is 3.00. The molecule has 0 atom stereocenters. The van der Waals surface area contributed by atoms with Crippen LogP contribution in [0.1, 0.15) is 44.9 Å². The number of esters is 2. The molecule has 0 fully saturated rings. The Labute approximate surface area is 197 Å². The number of carbonyl (C=O) groups is 2. The van der Waals surface area contributed by atoms with Crippen molar-refractivity contribution in [3.05, 3.63) is 64.3 Å². The highest BCUT2D eigenvalue weighted by molar-refractivity contribution is 6.00. The van der Waals surface area contributed by atoms with Gasteiger partial charge in [0, 0.05) is 17.0 Å². The molecule has 2 aromatic rings. The third-order valence-corrected chi connectivity index (χ3v) is 5.28. The van der Waals surface area contributed by atoms with E-state index >= 15 is 0 Å². The van der Waals surface area contributed by atoms with Gasteiger partial charge in [-0.15, -0.1) is 5.10 Å². The van der Waals surface area contributed by atoms with Crippen LogP contribution in [0.25, 0.3) is 0 Å². The van der Waals surface area contributed by atoms with Gasteiger partial charge in [0.05, 0.1) is 48.2 Å². The summed E-state index contributed by atoms with van der Waals surface area (Å²) in [7, 11) is 0. The summed E-state index contributed by atoms with van der Waals surface area (Å²) < 4.78 is 18.2. The number of benzene rings is 1. The van der Waals surface area contributed by atoms with Gasteiger partial charge in [-0.05, 0) is 33.8 Å². The van der Waals surface area contributed by atoms with E-state index in [-0.39, 0.29) is 26.4 Å². The number of carbonyl (C=O) groups excluding carboxylic acids is 2. The SMILES string of the molecule is CCOC(=O)C1=C(C)NC(C)=C(C(=O)OCC)C1c1ccccc1OCc1cnnn1CC#N. The fourth-order valence-electron chi connectivity index (χ4n) is 3.86. The van der Waals surface area contributed by atoms with E-state index in [2.05, 4.69) is 15.6 Å². The molecular weight excluding hydrogens is 438 g/mol. The number of para-hydroxylation sites is 1. The van der Waals surface area contributed by atoms with Crippen molar-refractivity contribution in [1.82, 2.24) is 20.3 Å². The summed E-state index contributed by atoms with van der Waals surface area (Å²) in [4.78, 5) is 26.0. The number of ether oxygens (including phenoxy) is 3. The minimum Gasteiger partial charge on any atom is -0.487 e. The molecule has 1 aromatic carbocycles. The molecule has 0 amide bonds. The first-order chi connectivity index (χ1) is 16.4. The van der Waals surface area contributed by atoms with Gasteiger partial charge in [-0.1, -0.05) is 23.4 Å². The maximum absolute atomic E-state index is 13.0. The quantitative estimate of drug-likeness (QED) is 0.556. The Kier molecular flexibility index (Phi) is 8.03. The lowest BCUT2D eigenvalue weighted by molar-refractivity contribution is -0.139. The van der Waals surface area contributed by atoms with E-state index < -0.39 is 17.9 Å². The lowest BCUT2D eigenvalue weighted by atomic mass is 9.80. The second kappa shape index (κ2) is 11.1. The molecule has 2 heterocycles. The fourth-order valence-corrected chi connectivity index (χ4v) is 3.86. The summed E-state index contributed by atoms with van der Waals surface area (Å²) in [6, 6.07) is 9.19. The highest BCUT2D eigenvalue weighted by Gasteiger charge is 2.39. The molecule has 0 saturated heterocycles. The Balaban J connectivity index is 2.08. The number of hydrogen-bond acceptors (Lipinski definition) is 9. The Hall–Kier alpha value is -4.13. The molecule has 34 heavy (non-hydrogen) atoms. The summed E-state index contributed by atoms with van der Waals surface area (Å²) in [5.74, 6) is -1.36. The number of dihydropyridines is 1. The number of aromatic nitrogens is 3. The highest BCUT2D eigenvalue weighted by Crippen LogP contribution is 2.42. The summed E-state index contributed by atoms with van der Waals surface area (Å²) in [6.45, 7) is 7.48. The van der Waals surface area contributed by atoms with Crippen molar-refractivity contribution < 1.29 is 23.8 Å². The predicted octanol–water partition coefficient (Wildman–Crippen LogP) is 2.74. The normalized spacial score (nSPS) is 13.9. The average Bonchev–Trinajstić information content (AvgIpc) is 3.25. The molecule has 0 bridgehead atoms. The maximum Gasteiger partial charge on any atom is 0.336 e. The summed E-state index contributed by atoms with van der Waals surface area (Å²) >= 11 is 0. The Morgan fingerprint density at radius 3 is 2.29 bits per heavy atom. The molecule has 0 spiro atoms. The van der Waals surface area contributed by atoms with E-state index in [0.717, 1.165) is 0 Å². The lowest BCUT2D eigenvalue weighted by Gasteiger charge is -2.31. The van der Waals surface area contributed by atoms with Crippen LogP contribution < -0.4 is 10.1 Å². The van der Waals surface area contributed by atoms with Gasteiger partial charge in [-0.2, -0.15) is 5.26 Å². The summed E-state index contributed by atoms with van der Waals surface area (Å²) in [6.07, 6.45) is 1.52. The van der Waals surface area contributed by atoms with E-state index in [1.807, 2.05) is 12.1 Å². The number of allylic oxidation sites excluding steroid dienone is 2. The first-order valence-electron chi connectivity index (χ1n) is 10.9. The molecule has 10 heteroatoms. The van der Waals surface area contributed by atoms with Crippen LogP contribution in [0, 0.1) is 11.3 Å². The van der Waals surface area contributed by atoms with E-state index in [1.54, 1.807) is 45.9 Å². The van der Waals surface area contributed by atoms with Crippen LogP contribution in [0.2, 0.25) is 0 Å². The average molecular weight is 466 g/mol. The fraction of sp³-hybridized carbons (Fsp3) is 0.375. The van der Waals surface area contributed by atoms with Crippen molar-refractivity contribution in [2.75, 3.05) is 13.2 Å². The lowest BCUT2D eigenvalue weighted by Crippen LogP contribution is -2.32. The predicted molar refractivity (Wildman–Crippen MR) is 121 cm³/mol. The van der Waals surface area contributed by atoms with Crippen LogP contribution in [0.3, 0.4) is 0 Å². The van der Waals surface area contributed by atoms with E-state index in [4.69, 9.17) is 19.5 Å². The van der Waals surface area contributed by atoms with Gasteiger partial charge in [0.25, 0.3) is 0 Å². The smallest absolute Gasteiger partial charge is 0.336 e. The van der Waals surface area contributed by atoms with E-state index in [0.29, 0.717) is 39.5 Å². The van der Waals surface area contributed by atoms with E-state index in [1.165, 1.54) is 10.9 Å². The minimum absolute atomic E-state index is 0.0402. The first-order valence-corrected chi connectivity index (χ1v) is 10.9. The van der Waals surface area contributed by atoms with Gasteiger partial charge in [-0.3, -0.25) is 0 Å². The van der Waals surface area contributed by atoms with Crippen LogP contribution >= 0.6 is 0 Å². The van der Waals surface area contributed by atoms with Crippen molar-refractivity contribution in [3.63, 3.8) is 0 Å². The third-order valence-electron chi connectivity index (χ3n) is 5.28. The number of nitriles is 1. The van der Waals surface area contributed by atoms with Gasteiger partial charge in [-0.25, -0.2) is 14.3 Å². The van der Waals surface area contributed by atoms with Crippen LogP contribution in [0.5, 0.6) is 5.75 Å². The molecular formula is C24H27N5O5. The molecule has 1 N–H and O–H groups in total. The molecule has 0 saturated carbocycles. The third kappa shape index (κ3) is 5.09.